The van der Waals surface area contributed by atoms with Gasteiger partial charge in [-0.3, -0.25) is 4.79 Å². The quantitative estimate of drug-likeness (QED) is 0.832. The van der Waals surface area contributed by atoms with Crippen LogP contribution in [0.1, 0.15) is 30.4 Å². The Balaban J connectivity index is 0.00000242. The number of likely N-dealkylation sites (tertiary alicyclic amines) is 1. The number of thioether (sulfide) groups is 1. The number of nitrogens with zero attached hydrogens (tertiary/aromatic N) is 1. The van der Waals surface area contributed by atoms with Crippen LogP contribution in [0.25, 0.3) is 0 Å². The molecule has 1 aromatic rings. The molecule has 1 aromatic carbocycles. The number of hydrogen-bond donors (Lipinski definition) is 1. The van der Waals surface area contributed by atoms with E-state index in [1.165, 1.54) is 22.4 Å². The molecule has 1 aliphatic rings. The molecular formula is C17H27ClN2OS. The summed E-state index contributed by atoms with van der Waals surface area (Å²) in [7, 11) is 1.98. The van der Waals surface area contributed by atoms with Crippen LogP contribution in [0.15, 0.2) is 23.1 Å². The molecule has 3 nitrogen and oxygen atoms in total. The zero-order valence-corrected chi connectivity index (χ0v) is 15.4. The molecule has 1 saturated heterocycles. The van der Waals surface area contributed by atoms with Crippen molar-refractivity contribution in [1.82, 2.24) is 10.2 Å². The maximum Gasteiger partial charge on any atom is 0.223 e. The van der Waals surface area contributed by atoms with Crippen molar-refractivity contribution in [1.29, 1.82) is 0 Å². The van der Waals surface area contributed by atoms with Crippen LogP contribution in [0.5, 0.6) is 0 Å². The number of hydrogen-bond acceptors (Lipinski definition) is 3. The number of amides is 1. The minimum absolute atomic E-state index is 0. The summed E-state index contributed by atoms with van der Waals surface area (Å²) in [5, 5.41) is 3.28. The summed E-state index contributed by atoms with van der Waals surface area (Å²) in [5.41, 5.74) is 2.64. The number of carbonyl (C=O) groups is 1. The van der Waals surface area contributed by atoms with Crippen LogP contribution < -0.4 is 5.32 Å². The van der Waals surface area contributed by atoms with Gasteiger partial charge in [0.1, 0.15) is 0 Å². The van der Waals surface area contributed by atoms with Crippen LogP contribution in [0.4, 0.5) is 0 Å². The van der Waals surface area contributed by atoms with Crippen LogP contribution in [-0.2, 0) is 4.79 Å². The van der Waals surface area contributed by atoms with Crippen molar-refractivity contribution in [2.75, 3.05) is 25.9 Å². The van der Waals surface area contributed by atoms with Crippen molar-refractivity contribution < 1.29 is 4.79 Å². The molecule has 1 heterocycles. The molecule has 1 unspecified atom stereocenters. The van der Waals surface area contributed by atoms with Crippen molar-refractivity contribution in [2.24, 2.45) is 0 Å². The maximum absolute atomic E-state index is 12.3. The molecule has 1 N–H and O–H groups in total. The largest absolute Gasteiger partial charge is 0.341 e. The summed E-state index contributed by atoms with van der Waals surface area (Å²) in [4.78, 5) is 15.5. The smallest absolute Gasteiger partial charge is 0.223 e. The molecule has 124 valence electrons. The average Bonchev–Trinajstić information content (AvgIpc) is 2.50. The van der Waals surface area contributed by atoms with E-state index in [1.807, 2.05) is 11.9 Å². The lowest BCUT2D eigenvalue weighted by Gasteiger charge is -2.32. The number of benzene rings is 1. The number of rotatable bonds is 5. The highest BCUT2D eigenvalue weighted by Gasteiger charge is 2.21. The Morgan fingerprint density at radius 1 is 1.36 bits per heavy atom. The molecule has 5 heteroatoms. The minimum Gasteiger partial charge on any atom is -0.341 e. The Bertz CT molecular complexity index is 496. The van der Waals surface area contributed by atoms with E-state index in [2.05, 4.69) is 37.4 Å². The second-order valence-corrected chi connectivity index (χ2v) is 6.98. The van der Waals surface area contributed by atoms with Gasteiger partial charge in [-0.1, -0.05) is 6.07 Å². The highest BCUT2D eigenvalue weighted by molar-refractivity contribution is 7.99. The molecule has 0 aromatic heterocycles. The molecular weight excluding hydrogens is 316 g/mol. The Morgan fingerprint density at radius 3 is 2.82 bits per heavy atom. The van der Waals surface area contributed by atoms with Crippen LogP contribution >= 0.6 is 24.2 Å². The topological polar surface area (TPSA) is 32.3 Å². The van der Waals surface area contributed by atoms with Gasteiger partial charge in [0.2, 0.25) is 5.91 Å². The molecule has 1 fully saturated rings. The predicted molar refractivity (Wildman–Crippen MR) is 97.2 cm³/mol. The molecule has 0 aliphatic carbocycles. The third-order valence-corrected chi connectivity index (χ3v) is 5.24. The first-order valence-corrected chi connectivity index (χ1v) is 8.74. The van der Waals surface area contributed by atoms with Crippen molar-refractivity contribution in [2.45, 2.75) is 44.0 Å². The second-order valence-electron chi connectivity index (χ2n) is 5.81. The summed E-state index contributed by atoms with van der Waals surface area (Å²) in [6.45, 7) is 6.05. The van der Waals surface area contributed by atoms with E-state index in [-0.39, 0.29) is 12.4 Å². The zero-order valence-electron chi connectivity index (χ0n) is 13.7. The fraction of sp³-hybridized carbons (Fsp3) is 0.588. The summed E-state index contributed by atoms with van der Waals surface area (Å²) < 4.78 is 0. The molecule has 1 aliphatic heterocycles. The lowest BCUT2D eigenvalue weighted by molar-refractivity contribution is -0.132. The molecule has 0 bridgehead atoms. The monoisotopic (exact) mass is 342 g/mol. The van der Waals surface area contributed by atoms with E-state index in [1.54, 1.807) is 11.8 Å². The number of nitrogens with one attached hydrogen (secondary N) is 1. The zero-order chi connectivity index (χ0) is 15.2. The Kier molecular flexibility index (Phi) is 8.29. The Morgan fingerprint density at radius 2 is 2.14 bits per heavy atom. The molecule has 22 heavy (non-hydrogen) atoms. The maximum atomic E-state index is 12.3. The van der Waals surface area contributed by atoms with E-state index in [9.17, 15) is 4.79 Å². The van der Waals surface area contributed by atoms with Crippen molar-refractivity contribution in [3.05, 3.63) is 29.3 Å². The van der Waals surface area contributed by atoms with Gasteiger partial charge in [0, 0.05) is 36.2 Å². The molecule has 1 amide bonds. The first-order chi connectivity index (χ1) is 10.1. The number of halogens is 1. The summed E-state index contributed by atoms with van der Waals surface area (Å²) in [6.07, 6.45) is 2.92. The van der Waals surface area contributed by atoms with Crippen LogP contribution in [0.2, 0.25) is 0 Å². The van der Waals surface area contributed by atoms with Gasteiger partial charge in [-0.05, 0) is 57.0 Å². The fourth-order valence-corrected chi connectivity index (χ4v) is 3.59. The summed E-state index contributed by atoms with van der Waals surface area (Å²) >= 11 is 1.78. The van der Waals surface area contributed by atoms with E-state index in [4.69, 9.17) is 0 Å². The van der Waals surface area contributed by atoms with Gasteiger partial charge in [0.15, 0.2) is 0 Å². The summed E-state index contributed by atoms with van der Waals surface area (Å²) in [5.74, 6) is 1.16. The van der Waals surface area contributed by atoms with Crippen LogP contribution in [-0.4, -0.2) is 42.7 Å². The number of piperidine rings is 1. The average molecular weight is 343 g/mol. The number of carbonyl (C=O) groups excluding carboxylic acids is 1. The SMILES string of the molecule is CNC1CCCN(C(=O)CCSc2ccc(C)c(C)c2)C1.Cl. The number of aryl methyl sites for hydroxylation is 2. The van der Waals surface area contributed by atoms with Gasteiger partial charge in [-0.25, -0.2) is 0 Å². The third-order valence-electron chi connectivity index (χ3n) is 4.25. The molecule has 0 spiro atoms. The number of likely N-dealkylation sites (N-methyl/N-ethyl adjacent to an activating group) is 1. The molecule has 0 radical (unpaired) electrons. The van der Waals surface area contributed by atoms with Gasteiger partial charge in [0.25, 0.3) is 0 Å². The van der Waals surface area contributed by atoms with E-state index >= 15 is 0 Å². The van der Waals surface area contributed by atoms with Crippen molar-refractivity contribution in [3.8, 4) is 0 Å². The highest BCUT2D eigenvalue weighted by atomic mass is 35.5. The second kappa shape index (κ2) is 9.43. The van der Waals surface area contributed by atoms with Crippen LogP contribution in [0, 0.1) is 13.8 Å². The van der Waals surface area contributed by atoms with E-state index < -0.39 is 0 Å². The standard InChI is InChI=1S/C17H26N2OS.ClH/c1-13-6-7-16(11-14(13)2)21-10-8-17(20)19-9-4-5-15(12-19)18-3;/h6-7,11,15,18H,4-5,8-10,12H2,1-3H3;1H. The fourth-order valence-electron chi connectivity index (χ4n) is 2.66. The Hall–Kier alpha value is -0.710. The third kappa shape index (κ3) is 5.49. The van der Waals surface area contributed by atoms with Gasteiger partial charge in [0.05, 0.1) is 0 Å². The highest BCUT2D eigenvalue weighted by Crippen LogP contribution is 2.22. The first-order valence-electron chi connectivity index (χ1n) is 7.75. The predicted octanol–water partition coefficient (Wildman–Crippen LogP) is 3.42. The normalized spacial score (nSPS) is 18.0. The van der Waals surface area contributed by atoms with Gasteiger partial charge < -0.3 is 10.2 Å². The first kappa shape index (κ1) is 19.3. The van der Waals surface area contributed by atoms with E-state index in [0.29, 0.717) is 18.4 Å². The van der Waals surface area contributed by atoms with Gasteiger partial charge in [-0.2, -0.15) is 0 Å². The Labute approximate surface area is 144 Å². The minimum atomic E-state index is 0. The van der Waals surface area contributed by atoms with Crippen molar-refractivity contribution >= 4 is 30.1 Å². The van der Waals surface area contributed by atoms with Gasteiger partial charge in [-0.15, -0.1) is 24.2 Å². The summed E-state index contributed by atoms with van der Waals surface area (Å²) in [6, 6.07) is 6.98. The lowest BCUT2D eigenvalue weighted by Crippen LogP contribution is -2.47. The molecule has 2 rings (SSSR count). The molecule has 0 saturated carbocycles. The van der Waals surface area contributed by atoms with E-state index in [0.717, 1.165) is 25.3 Å². The van der Waals surface area contributed by atoms with Gasteiger partial charge >= 0.3 is 0 Å². The van der Waals surface area contributed by atoms with Crippen LogP contribution in [0.3, 0.4) is 0 Å². The van der Waals surface area contributed by atoms with Crippen molar-refractivity contribution in [3.63, 3.8) is 0 Å². The molecule has 1 atom stereocenters. The lowest BCUT2D eigenvalue weighted by atomic mass is 10.1.